The highest BCUT2D eigenvalue weighted by molar-refractivity contribution is 5.21. The molecule has 0 amide bonds. The Morgan fingerprint density at radius 2 is 1.60 bits per heavy atom. The largest absolute Gasteiger partial charge is 0.300 e. The number of nitrogens with zero attached hydrogens (tertiary/aromatic N) is 1. The summed E-state index contributed by atoms with van der Waals surface area (Å²) in [6.45, 7) is 0. The summed E-state index contributed by atoms with van der Waals surface area (Å²) >= 11 is 0. The van der Waals surface area contributed by atoms with E-state index in [0.717, 1.165) is 18.0 Å². The van der Waals surface area contributed by atoms with E-state index in [1.54, 1.807) is 5.56 Å². The molecule has 1 heteroatoms. The lowest BCUT2D eigenvalue weighted by atomic mass is 9.85. The van der Waals surface area contributed by atoms with E-state index in [1.807, 2.05) is 0 Å². The first-order chi connectivity index (χ1) is 7.34. The van der Waals surface area contributed by atoms with Crippen LogP contribution in [0.2, 0.25) is 0 Å². The summed E-state index contributed by atoms with van der Waals surface area (Å²) in [6.07, 6.45) is 5.59. The quantitative estimate of drug-likeness (QED) is 0.675. The summed E-state index contributed by atoms with van der Waals surface area (Å²) in [5.41, 5.74) is 1.56. The van der Waals surface area contributed by atoms with Crippen LogP contribution >= 0.6 is 0 Å². The molecule has 2 fully saturated rings. The first kappa shape index (κ1) is 9.41. The molecule has 0 spiro atoms. The van der Waals surface area contributed by atoms with Crippen molar-refractivity contribution in [1.29, 1.82) is 0 Å². The lowest BCUT2D eigenvalue weighted by molar-refractivity contribution is 0.161. The van der Waals surface area contributed by atoms with Crippen LogP contribution in [0.3, 0.4) is 0 Å². The number of fused-ring (bicyclic) bond motifs is 2. The number of rotatable bonds is 1. The van der Waals surface area contributed by atoms with Crippen LogP contribution < -0.4 is 0 Å². The van der Waals surface area contributed by atoms with Crippen LogP contribution in [0.4, 0.5) is 0 Å². The van der Waals surface area contributed by atoms with E-state index in [-0.39, 0.29) is 0 Å². The van der Waals surface area contributed by atoms with Gasteiger partial charge in [0.15, 0.2) is 0 Å². The van der Waals surface area contributed by atoms with Crippen LogP contribution in [0, 0.1) is 0 Å². The third-order valence-corrected chi connectivity index (χ3v) is 4.37. The molecule has 80 valence electrons. The average molecular weight is 201 g/mol. The molecule has 1 aromatic carbocycles. The standard InChI is InChI=1S/C14H19N/c1-15-13-7-8-14(15)10-12(9-13)11-5-3-2-4-6-11/h2-6,12-14H,7-10H2,1H3/t12-,13-,14+. The van der Waals surface area contributed by atoms with Gasteiger partial charge < -0.3 is 4.90 Å². The lowest BCUT2D eigenvalue weighted by Gasteiger charge is -2.36. The van der Waals surface area contributed by atoms with E-state index in [0.29, 0.717) is 0 Å². The molecule has 0 radical (unpaired) electrons. The second-order valence-corrected chi connectivity index (χ2v) is 5.13. The smallest absolute Gasteiger partial charge is 0.0102 e. The van der Waals surface area contributed by atoms with Crippen LogP contribution in [-0.2, 0) is 0 Å². The average Bonchev–Trinajstić information content (AvgIpc) is 2.54. The maximum atomic E-state index is 2.61. The van der Waals surface area contributed by atoms with Crippen molar-refractivity contribution >= 4 is 0 Å². The van der Waals surface area contributed by atoms with Crippen LogP contribution in [0.5, 0.6) is 0 Å². The zero-order chi connectivity index (χ0) is 10.3. The summed E-state index contributed by atoms with van der Waals surface area (Å²) in [5, 5.41) is 0. The van der Waals surface area contributed by atoms with Gasteiger partial charge in [-0.25, -0.2) is 0 Å². The minimum absolute atomic E-state index is 0.819. The molecule has 0 aliphatic carbocycles. The highest BCUT2D eigenvalue weighted by atomic mass is 15.2. The maximum absolute atomic E-state index is 2.61. The van der Waals surface area contributed by atoms with Gasteiger partial charge in [-0.05, 0) is 44.2 Å². The lowest BCUT2D eigenvalue weighted by Crippen LogP contribution is -2.39. The van der Waals surface area contributed by atoms with Crippen molar-refractivity contribution in [1.82, 2.24) is 4.90 Å². The van der Waals surface area contributed by atoms with Gasteiger partial charge in [0.2, 0.25) is 0 Å². The van der Waals surface area contributed by atoms with Crippen molar-refractivity contribution in [2.75, 3.05) is 7.05 Å². The van der Waals surface area contributed by atoms with Crippen molar-refractivity contribution in [3.8, 4) is 0 Å². The van der Waals surface area contributed by atoms with Crippen LogP contribution in [0.15, 0.2) is 30.3 Å². The normalized spacial score (nSPS) is 35.7. The molecule has 0 N–H and O–H groups in total. The molecule has 2 saturated heterocycles. The van der Waals surface area contributed by atoms with Gasteiger partial charge in [-0.3, -0.25) is 0 Å². The first-order valence-electron chi connectivity index (χ1n) is 6.11. The summed E-state index contributed by atoms with van der Waals surface area (Å²) in [7, 11) is 2.31. The van der Waals surface area contributed by atoms with E-state index < -0.39 is 0 Å². The molecular weight excluding hydrogens is 182 g/mol. The fourth-order valence-corrected chi connectivity index (χ4v) is 3.41. The molecule has 1 nitrogen and oxygen atoms in total. The fourth-order valence-electron chi connectivity index (χ4n) is 3.41. The zero-order valence-corrected chi connectivity index (χ0v) is 9.39. The van der Waals surface area contributed by atoms with Crippen molar-refractivity contribution in [3.05, 3.63) is 35.9 Å². The zero-order valence-electron chi connectivity index (χ0n) is 9.39. The molecule has 0 unspecified atom stereocenters. The van der Waals surface area contributed by atoms with Gasteiger partial charge in [-0.1, -0.05) is 30.3 Å². The maximum Gasteiger partial charge on any atom is 0.0102 e. The summed E-state index contributed by atoms with van der Waals surface area (Å²) in [4.78, 5) is 2.61. The molecule has 0 aromatic heterocycles. The fraction of sp³-hybridized carbons (Fsp3) is 0.571. The predicted octanol–water partition coefficient (Wildman–Crippen LogP) is 3.03. The molecule has 3 rings (SSSR count). The SMILES string of the molecule is CN1[C@@H]2CC[C@H]1C[C@H](c1ccccc1)C2. The Kier molecular flexibility index (Phi) is 2.28. The summed E-state index contributed by atoms with van der Waals surface area (Å²) in [5.74, 6) is 0.819. The molecule has 2 aliphatic heterocycles. The van der Waals surface area contributed by atoms with Gasteiger partial charge in [-0.15, -0.1) is 0 Å². The van der Waals surface area contributed by atoms with Crippen LogP contribution in [0.1, 0.15) is 37.2 Å². The van der Waals surface area contributed by atoms with E-state index in [9.17, 15) is 0 Å². The van der Waals surface area contributed by atoms with E-state index in [4.69, 9.17) is 0 Å². The Balaban J connectivity index is 1.81. The first-order valence-corrected chi connectivity index (χ1v) is 6.11. The third-order valence-electron chi connectivity index (χ3n) is 4.37. The van der Waals surface area contributed by atoms with Crippen molar-refractivity contribution in [3.63, 3.8) is 0 Å². The highest BCUT2D eigenvalue weighted by Crippen LogP contribution is 2.41. The van der Waals surface area contributed by atoms with Crippen molar-refractivity contribution in [2.24, 2.45) is 0 Å². The van der Waals surface area contributed by atoms with Crippen LogP contribution in [0.25, 0.3) is 0 Å². The minimum atomic E-state index is 0.819. The monoisotopic (exact) mass is 201 g/mol. The van der Waals surface area contributed by atoms with Crippen LogP contribution in [-0.4, -0.2) is 24.0 Å². The second kappa shape index (κ2) is 3.64. The third kappa shape index (κ3) is 1.59. The van der Waals surface area contributed by atoms with Crippen molar-refractivity contribution in [2.45, 2.75) is 43.7 Å². The Morgan fingerprint density at radius 3 is 2.20 bits per heavy atom. The van der Waals surface area contributed by atoms with Gasteiger partial charge >= 0.3 is 0 Å². The Morgan fingerprint density at radius 1 is 1.00 bits per heavy atom. The molecule has 3 atom stereocenters. The van der Waals surface area contributed by atoms with Crippen molar-refractivity contribution < 1.29 is 0 Å². The molecule has 15 heavy (non-hydrogen) atoms. The molecular formula is C14H19N. The molecule has 2 aliphatic rings. The van der Waals surface area contributed by atoms with Gasteiger partial charge in [0, 0.05) is 12.1 Å². The molecule has 2 bridgehead atoms. The number of hydrogen-bond acceptors (Lipinski definition) is 1. The predicted molar refractivity (Wildman–Crippen MR) is 63.0 cm³/mol. The highest BCUT2D eigenvalue weighted by Gasteiger charge is 2.38. The van der Waals surface area contributed by atoms with Gasteiger partial charge in [0.05, 0.1) is 0 Å². The Labute approximate surface area is 92.1 Å². The van der Waals surface area contributed by atoms with Gasteiger partial charge in [-0.2, -0.15) is 0 Å². The Bertz CT molecular complexity index is 318. The Hall–Kier alpha value is -0.820. The van der Waals surface area contributed by atoms with E-state index in [2.05, 4.69) is 42.3 Å². The number of benzene rings is 1. The van der Waals surface area contributed by atoms with Gasteiger partial charge in [0.25, 0.3) is 0 Å². The summed E-state index contributed by atoms with van der Waals surface area (Å²) in [6, 6.07) is 12.8. The van der Waals surface area contributed by atoms with E-state index >= 15 is 0 Å². The topological polar surface area (TPSA) is 3.24 Å². The molecule has 1 aromatic rings. The second-order valence-electron chi connectivity index (χ2n) is 5.13. The van der Waals surface area contributed by atoms with Gasteiger partial charge in [0.1, 0.15) is 0 Å². The van der Waals surface area contributed by atoms with E-state index in [1.165, 1.54) is 25.7 Å². The molecule has 2 heterocycles. The minimum Gasteiger partial charge on any atom is -0.300 e. The number of hydrogen-bond donors (Lipinski definition) is 0. The summed E-state index contributed by atoms with van der Waals surface area (Å²) < 4.78 is 0. The number of piperidine rings is 1. The molecule has 0 saturated carbocycles.